The van der Waals surface area contributed by atoms with Crippen molar-refractivity contribution in [1.29, 1.82) is 0 Å². The van der Waals surface area contributed by atoms with Crippen LogP contribution in [0.4, 0.5) is 0 Å². The summed E-state index contributed by atoms with van der Waals surface area (Å²) in [4.78, 5) is 12.7. The summed E-state index contributed by atoms with van der Waals surface area (Å²) >= 11 is 6.02. The Morgan fingerprint density at radius 1 is 0.905 bits per heavy atom. The lowest BCUT2D eigenvalue weighted by molar-refractivity contribution is 0.104. The van der Waals surface area contributed by atoms with Gasteiger partial charge in [0.15, 0.2) is 5.78 Å². The third kappa shape index (κ3) is 1.69. The summed E-state index contributed by atoms with van der Waals surface area (Å²) in [6, 6.07) is 15.3. The molecule has 0 spiro atoms. The minimum Gasteiger partial charge on any atom is -0.497 e. The lowest BCUT2D eigenvalue weighted by atomic mass is 9.99. The maximum atomic E-state index is 12.7. The van der Waals surface area contributed by atoms with Crippen LogP contribution >= 0.6 is 11.6 Å². The third-order valence-corrected chi connectivity index (χ3v) is 4.21. The topological polar surface area (TPSA) is 26.3 Å². The highest BCUT2D eigenvalue weighted by molar-refractivity contribution is 6.33. The van der Waals surface area contributed by atoms with E-state index in [9.17, 15) is 4.79 Å². The lowest BCUT2D eigenvalue weighted by Gasteiger charge is -2.06. The molecule has 2 nitrogen and oxygen atoms in total. The molecular formula is C18H11ClO2. The Morgan fingerprint density at radius 2 is 1.71 bits per heavy atom. The maximum Gasteiger partial charge on any atom is 0.194 e. The Hall–Kier alpha value is -2.32. The molecule has 102 valence electrons. The van der Waals surface area contributed by atoms with Gasteiger partial charge in [-0.15, -0.1) is 0 Å². The van der Waals surface area contributed by atoms with Crippen molar-refractivity contribution in [1.82, 2.24) is 0 Å². The predicted molar refractivity (Wildman–Crippen MR) is 84.4 cm³/mol. The molecule has 0 saturated heterocycles. The zero-order valence-electron chi connectivity index (χ0n) is 11.3. The Morgan fingerprint density at radius 3 is 2.52 bits per heavy atom. The molecule has 0 radical (unpaired) electrons. The van der Waals surface area contributed by atoms with Crippen molar-refractivity contribution in [3.63, 3.8) is 0 Å². The van der Waals surface area contributed by atoms with Gasteiger partial charge in [0.25, 0.3) is 0 Å². The molecule has 0 atom stereocenters. The second-order valence-electron chi connectivity index (χ2n) is 5.09. The summed E-state index contributed by atoms with van der Waals surface area (Å²) in [7, 11) is 1.64. The van der Waals surface area contributed by atoms with Gasteiger partial charge in [-0.1, -0.05) is 29.8 Å². The molecule has 0 heterocycles. The van der Waals surface area contributed by atoms with Crippen molar-refractivity contribution in [3.8, 4) is 16.9 Å². The summed E-state index contributed by atoms with van der Waals surface area (Å²) in [5.41, 5.74) is 3.37. The van der Waals surface area contributed by atoms with E-state index in [2.05, 4.69) is 0 Å². The first-order valence-corrected chi connectivity index (χ1v) is 7.02. The highest BCUT2D eigenvalue weighted by atomic mass is 35.5. The fraction of sp³-hybridized carbons (Fsp3) is 0.0556. The summed E-state index contributed by atoms with van der Waals surface area (Å²) in [5.74, 6) is 0.826. The molecule has 0 saturated carbocycles. The van der Waals surface area contributed by atoms with Crippen LogP contribution in [0.5, 0.6) is 5.75 Å². The number of benzene rings is 3. The van der Waals surface area contributed by atoms with E-state index < -0.39 is 0 Å². The molecule has 0 amide bonds. The number of halogens is 1. The predicted octanol–water partition coefficient (Wildman–Crippen LogP) is 4.71. The number of rotatable bonds is 1. The van der Waals surface area contributed by atoms with E-state index in [0.717, 1.165) is 33.2 Å². The van der Waals surface area contributed by atoms with Gasteiger partial charge < -0.3 is 4.74 Å². The summed E-state index contributed by atoms with van der Waals surface area (Å²) < 4.78 is 5.24. The van der Waals surface area contributed by atoms with Gasteiger partial charge >= 0.3 is 0 Å². The Bertz CT molecular complexity index is 912. The molecule has 0 fully saturated rings. The van der Waals surface area contributed by atoms with Crippen LogP contribution in [-0.4, -0.2) is 12.9 Å². The Labute approximate surface area is 126 Å². The SMILES string of the molecule is COc1ccc2c3c(ccc2c1)-c1ccc(Cl)cc1C3=O. The van der Waals surface area contributed by atoms with Crippen LogP contribution in [0.25, 0.3) is 21.9 Å². The van der Waals surface area contributed by atoms with Crippen LogP contribution in [0.3, 0.4) is 0 Å². The van der Waals surface area contributed by atoms with Crippen molar-refractivity contribution in [2.45, 2.75) is 0 Å². The minimum absolute atomic E-state index is 0.0401. The number of fused-ring (bicyclic) bond motifs is 5. The van der Waals surface area contributed by atoms with Gasteiger partial charge in [0, 0.05) is 16.1 Å². The number of ketones is 1. The third-order valence-electron chi connectivity index (χ3n) is 3.97. The highest BCUT2D eigenvalue weighted by Gasteiger charge is 2.28. The molecule has 3 aromatic rings. The number of hydrogen-bond acceptors (Lipinski definition) is 2. The molecule has 4 rings (SSSR count). The van der Waals surface area contributed by atoms with E-state index >= 15 is 0 Å². The van der Waals surface area contributed by atoms with E-state index in [1.54, 1.807) is 13.2 Å². The van der Waals surface area contributed by atoms with Crippen molar-refractivity contribution < 1.29 is 9.53 Å². The molecule has 0 N–H and O–H groups in total. The van der Waals surface area contributed by atoms with Gasteiger partial charge in [-0.05, 0) is 52.2 Å². The molecule has 21 heavy (non-hydrogen) atoms. The van der Waals surface area contributed by atoms with Crippen LogP contribution in [0.15, 0.2) is 48.5 Å². The first-order chi connectivity index (χ1) is 10.2. The van der Waals surface area contributed by atoms with Gasteiger partial charge in [-0.2, -0.15) is 0 Å². The molecule has 0 unspecified atom stereocenters. The van der Waals surface area contributed by atoms with Crippen LogP contribution in [-0.2, 0) is 0 Å². The molecule has 3 heteroatoms. The zero-order valence-corrected chi connectivity index (χ0v) is 12.1. The largest absolute Gasteiger partial charge is 0.497 e. The normalized spacial score (nSPS) is 12.4. The van der Waals surface area contributed by atoms with E-state index in [1.807, 2.05) is 42.5 Å². The average molecular weight is 295 g/mol. The molecule has 3 aromatic carbocycles. The molecule has 0 bridgehead atoms. The van der Waals surface area contributed by atoms with Crippen molar-refractivity contribution >= 4 is 28.2 Å². The van der Waals surface area contributed by atoms with E-state index in [-0.39, 0.29) is 5.78 Å². The molecular weight excluding hydrogens is 284 g/mol. The molecule has 0 aliphatic heterocycles. The van der Waals surface area contributed by atoms with Gasteiger partial charge in [-0.3, -0.25) is 4.79 Å². The van der Waals surface area contributed by atoms with Gasteiger partial charge in [0.1, 0.15) is 5.75 Å². The van der Waals surface area contributed by atoms with E-state index in [4.69, 9.17) is 16.3 Å². The van der Waals surface area contributed by atoms with Crippen LogP contribution < -0.4 is 4.74 Å². The monoisotopic (exact) mass is 294 g/mol. The number of carbonyl (C=O) groups excluding carboxylic acids is 1. The fourth-order valence-electron chi connectivity index (χ4n) is 2.98. The van der Waals surface area contributed by atoms with E-state index in [0.29, 0.717) is 10.6 Å². The maximum absolute atomic E-state index is 12.7. The van der Waals surface area contributed by atoms with Crippen molar-refractivity contribution in [2.24, 2.45) is 0 Å². The second-order valence-corrected chi connectivity index (χ2v) is 5.53. The standard InChI is InChI=1S/C18H11ClO2/c1-21-12-4-7-13-10(8-12)2-5-15-14-6-3-11(19)9-16(14)18(20)17(13)15/h2-9H,1H3. The fourth-order valence-corrected chi connectivity index (χ4v) is 3.15. The molecule has 0 aromatic heterocycles. The van der Waals surface area contributed by atoms with Crippen LogP contribution in [0.2, 0.25) is 5.02 Å². The average Bonchev–Trinajstić information content (AvgIpc) is 2.79. The summed E-state index contributed by atoms with van der Waals surface area (Å²) in [6.45, 7) is 0. The van der Waals surface area contributed by atoms with Gasteiger partial charge in [-0.25, -0.2) is 0 Å². The summed E-state index contributed by atoms with van der Waals surface area (Å²) in [5, 5.41) is 2.53. The van der Waals surface area contributed by atoms with Crippen molar-refractivity contribution in [3.05, 3.63) is 64.7 Å². The lowest BCUT2D eigenvalue weighted by Crippen LogP contribution is -1.96. The number of methoxy groups -OCH3 is 1. The zero-order chi connectivity index (χ0) is 14.6. The Kier molecular flexibility index (Phi) is 2.57. The number of ether oxygens (including phenoxy) is 1. The van der Waals surface area contributed by atoms with Gasteiger partial charge in [0.05, 0.1) is 7.11 Å². The van der Waals surface area contributed by atoms with Gasteiger partial charge in [0.2, 0.25) is 0 Å². The smallest absolute Gasteiger partial charge is 0.194 e. The molecule has 1 aliphatic carbocycles. The number of hydrogen-bond donors (Lipinski definition) is 0. The quantitative estimate of drug-likeness (QED) is 0.508. The summed E-state index contributed by atoms with van der Waals surface area (Å²) in [6.07, 6.45) is 0. The first-order valence-electron chi connectivity index (χ1n) is 6.64. The molecule has 1 aliphatic rings. The highest BCUT2D eigenvalue weighted by Crippen LogP contribution is 2.41. The van der Waals surface area contributed by atoms with Crippen molar-refractivity contribution in [2.75, 3.05) is 7.11 Å². The van der Waals surface area contributed by atoms with E-state index in [1.165, 1.54) is 0 Å². The van der Waals surface area contributed by atoms with Crippen LogP contribution in [0.1, 0.15) is 15.9 Å². The first kappa shape index (κ1) is 12.4. The minimum atomic E-state index is 0.0401. The Balaban J connectivity index is 2.05. The second kappa shape index (κ2) is 4.34. The number of carbonyl (C=O) groups is 1. The van der Waals surface area contributed by atoms with Crippen LogP contribution in [0, 0.1) is 0 Å².